The molecule has 1 heterocycles. The van der Waals surface area contributed by atoms with E-state index in [2.05, 4.69) is 10.3 Å². The number of carbonyl (C=O) groups is 1. The molecule has 25 heavy (non-hydrogen) atoms. The van der Waals surface area contributed by atoms with E-state index < -0.39 is 0 Å². The van der Waals surface area contributed by atoms with Crippen molar-refractivity contribution in [1.29, 1.82) is 0 Å². The fraction of sp³-hybridized carbons (Fsp3) is 0.412. The van der Waals surface area contributed by atoms with Crippen molar-refractivity contribution < 1.29 is 9.18 Å². The van der Waals surface area contributed by atoms with Gasteiger partial charge in [-0.3, -0.25) is 4.79 Å². The van der Waals surface area contributed by atoms with Crippen molar-refractivity contribution in [3.8, 4) is 10.6 Å². The number of benzene rings is 1. The summed E-state index contributed by atoms with van der Waals surface area (Å²) in [5.74, 6) is 0.0785. The second kappa shape index (κ2) is 10.1. The summed E-state index contributed by atoms with van der Waals surface area (Å²) in [5, 5.41) is 5.66. The monoisotopic (exact) mass is 405 g/mol. The van der Waals surface area contributed by atoms with Gasteiger partial charge >= 0.3 is 0 Å². The van der Waals surface area contributed by atoms with E-state index in [-0.39, 0.29) is 49.0 Å². The van der Waals surface area contributed by atoms with Crippen molar-refractivity contribution in [2.45, 2.75) is 31.7 Å². The van der Waals surface area contributed by atoms with Gasteiger partial charge < -0.3 is 11.1 Å². The van der Waals surface area contributed by atoms with Gasteiger partial charge in [-0.25, -0.2) is 9.37 Å². The number of aromatic nitrogens is 1. The predicted molar refractivity (Wildman–Crippen MR) is 104 cm³/mol. The third-order valence-corrected chi connectivity index (χ3v) is 5.21. The molecule has 138 valence electrons. The van der Waals surface area contributed by atoms with Crippen LogP contribution in [-0.4, -0.2) is 23.5 Å². The second-order valence-electron chi connectivity index (χ2n) is 5.93. The van der Waals surface area contributed by atoms with Crippen LogP contribution < -0.4 is 11.1 Å². The average molecular weight is 406 g/mol. The fourth-order valence-electron chi connectivity index (χ4n) is 3.07. The van der Waals surface area contributed by atoms with E-state index in [1.807, 2.05) is 11.4 Å². The average Bonchev–Trinajstić information content (AvgIpc) is 3.16. The molecule has 0 bridgehead atoms. The zero-order chi connectivity index (χ0) is 16.2. The minimum absolute atomic E-state index is 0. The molecule has 1 saturated carbocycles. The SMILES string of the molecule is Cl.Cl.NCC1CCCC1NC(=O)Cc1csc(-c2cccc(F)c2)n1. The molecule has 0 aliphatic heterocycles. The van der Waals surface area contributed by atoms with Gasteiger partial charge in [-0.05, 0) is 37.4 Å². The van der Waals surface area contributed by atoms with Crippen LogP contribution in [0.5, 0.6) is 0 Å². The first-order valence-corrected chi connectivity index (χ1v) is 8.73. The molecule has 1 aliphatic carbocycles. The van der Waals surface area contributed by atoms with E-state index in [9.17, 15) is 9.18 Å². The summed E-state index contributed by atoms with van der Waals surface area (Å²) in [6.45, 7) is 0.616. The quantitative estimate of drug-likeness (QED) is 0.798. The van der Waals surface area contributed by atoms with Crippen LogP contribution in [0.3, 0.4) is 0 Å². The maximum absolute atomic E-state index is 13.3. The Kier molecular flexibility index (Phi) is 8.79. The minimum Gasteiger partial charge on any atom is -0.353 e. The number of thiazole rings is 1. The minimum atomic E-state index is -0.286. The Morgan fingerprint density at radius 3 is 2.88 bits per heavy atom. The lowest BCUT2D eigenvalue weighted by Crippen LogP contribution is -2.40. The first-order valence-electron chi connectivity index (χ1n) is 7.85. The van der Waals surface area contributed by atoms with Gasteiger partial charge in [0.15, 0.2) is 0 Å². The summed E-state index contributed by atoms with van der Waals surface area (Å²) >= 11 is 1.42. The Labute approximate surface area is 163 Å². The van der Waals surface area contributed by atoms with E-state index in [0.29, 0.717) is 18.2 Å². The molecule has 4 nitrogen and oxygen atoms in total. The molecular formula is C17H22Cl2FN3OS. The molecule has 2 aromatic rings. The van der Waals surface area contributed by atoms with Crippen molar-refractivity contribution in [2.24, 2.45) is 11.7 Å². The molecule has 0 spiro atoms. The Hall–Kier alpha value is -1.21. The second-order valence-corrected chi connectivity index (χ2v) is 6.79. The molecule has 1 aromatic carbocycles. The van der Waals surface area contributed by atoms with Gasteiger partial charge in [0.25, 0.3) is 0 Å². The molecule has 8 heteroatoms. The van der Waals surface area contributed by atoms with Gasteiger partial charge in [0.2, 0.25) is 5.91 Å². The van der Waals surface area contributed by atoms with Crippen LogP contribution in [0.15, 0.2) is 29.6 Å². The molecule has 2 unspecified atom stereocenters. The summed E-state index contributed by atoms with van der Waals surface area (Å²) < 4.78 is 13.3. The van der Waals surface area contributed by atoms with Crippen LogP contribution in [0.2, 0.25) is 0 Å². The summed E-state index contributed by atoms with van der Waals surface area (Å²) in [6, 6.07) is 6.52. The van der Waals surface area contributed by atoms with E-state index in [4.69, 9.17) is 5.73 Å². The molecule has 3 rings (SSSR count). The van der Waals surface area contributed by atoms with Crippen molar-refractivity contribution in [3.05, 3.63) is 41.2 Å². The standard InChI is InChI=1S/C17H20FN3OS.2ClH/c18-13-5-1-3-11(7-13)17-20-14(10-23-17)8-16(22)21-15-6-2-4-12(15)9-19;;/h1,3,5,7,10,12,15H,2,4,6,8-9,19H2,(H,21,22);2*1H. The number of halogens is 3. The first-order chi connectivity index (χ1) is 11.2. The number of carbonyl (C=O) groups excluding carboxylic acids is 1. The zero-order valence-corrected chi connectivity index (χ0v) is 16.1. The van der Waals surface area contributed by atoms with E-state index in [1.54, 1.807) is 6.07 Å². The molecule has 1 fully saturated rings. The number of nitrogens with zero attached hydrogens (tertiary/aromatic N) is 1. The van der Waals surface area contributed by atoms with Gasteiger partial charge in [-0.2, -0.15) is 0 Å². The smallest absolute Gasteiger partial charge is 0.226 e. The van der Waals surface area contributed by atoms with Gasteiger partial charge in [0, 0.05) is 17.0 Å². The number of hydrogen-bond acceptors (Lipinski definition) is 4. The highest BCUT2D eigenvalue weighted by Crippen LogP contribution is 2.26. The topological polar surface area (TPSA) is 68.0 Å². The maximum atomic E-state index is 13.3. The van der Waals surface area contributed by atoms with Crippen LogP contribution >= 0.6 is 36.2 Å². The number of nitrogens with two attached hydrogens (primary N) is 1. The summed E-state index contributed by atoms with van der Waals surface area (Å²) in [7, 11) is 0. The molecular weight excluding hydrogens is 384 g/mol. The van der Waals surface area contributed by atoms with Crippen LogP contribution in [0.25, 0.3) is 10.6 Å². The van der Waals surface area contributed by atoms with Gasteiger partial charge in [0.05, 0.1) is 12.1 Å². The van der Waals surface area contributed by atoms with Gasteiger partial charge in [-0.15, -0.1) is 36.2 Å². The molecule has 0 saturated heterocycles. The zero-order valence-electron chi connectivity index (χ0n) is 13.6. The molecule has 1 aromatic heterocycles. The molecule has 3 N–H and O–H groups in total. The number of nitrogens with one attached hydrogen (secondary N) is 1. The summed E-state index contributed by atoms with van der Waals surface area (Å²) in [4.78, 5) is 16.6. The summed E-state index contributed by atoms with van der Waals surface area (Å²) in [6.07, 6.45) is 3.45. The van der Waals surface area contributed by atoms with Crippen molar-refractivity contribution in [2.75, 3.05) is 6.54 Å². The van der Waals surface area contributed by atoms with Crippen molar-refractivity contribution in [1.82, 2.24) is 10.3 Å². The lowest BCUT2D eigenvalue weighted by molar-refractivity contribution is -0.121. The van der Waals surface area contributed by atoms with Crippen LogP contribution in [0.4, 0.5) is 4.39 Å². The molecule has 1 amide bonds. The van der Waals surface area contributed by atoms with Crippen LogP contribution in [0, 0.1) is 11.7 Å². The molecule has 2 atom stereocenters. The Morgan fingerprint density at radius 2 is 2.16 bits per heavy atom. The predicted octanol–water partition coefficient (Wildman–Crippen LogP) is 3.58. The Bertz CT molecular complexity index is 698. The normalized spacial score (nSPS) is 19.0. The van der Waals surface area contributed by atoms with Crippen LogP contribution in [0.1, 0.15) is 25.0 Å². The van der Waals surface area contributed by atoms with Crippen molar-refractivity contribution >= 4 is 42.1 Å². The summed E-state index contributed by atoms with van der Waals surface area (Å²) in [5.41, 5.74) is 7.19. The Balaban J connectivity index is 0.00000156. The highest BCUT2D eigenvalue weighted by Gasteiger charge is 2.27. The number of amides is 1. The third-order valence-electron chi connectivity index (χ3n) is 4.27. The molecule has 0 radical (unpaired) electrons. The lowest BCUT2D eigenvalue weighted by atomic mass is 10.0. The molecule has 1 aliphatic rings. The highest BCUT2D eigenvalue weighted by molar-refractivity contribution is 7.13. The maximum Gasteiger partial charge on any atom is 0.226 e. The van der Waals surface area contributed by atoms with Crippen LogP contribution in [-0.2, 0) is 11.2 Å². The highest BCUT2D eigenvalue weighted by atomic mass is 35.5. The van der Waals surface area contributed by atoms with E-state index in [1.165, 1.54) is 23.5 Å². The third kappa shape index (κ3) is 5.64. The lowest BCUT2D eigenvalue weighted by Gasteiger charge is -2.19. The van der Waals surface area contributed by atoms with E-state index >= 15 is 0 Å². The van der Waals surface area contributed by atoms with Gasteiger partial charge in [0.1, 0.15) is 10.8 Å². The fourth-order valence-corrected chi connectivity index (χ4v) is 3.89. The Morgan fingerprint density at radius 1 is 1.36 bits per heavy atom. The first kappa shape index (κ1) is 21.8. The van der Waals surface area contributed by atoms with Gasteiger partial charge in [-0.1, -0.05) is 18.6 Å². The number of hydrogen-bond donors (Lipinski definition) is 2. The van der Waals surface area contributed by atoms with Crippen molar-refractivity contribution in [3.63, 3.8) is 0 Å². The van der Waals surface area contributed by atoms with E-state index in [0.717, 1.165) is 29.8 Å². The largest absolute Gasteiger partial charge is 0.353 e. The number of rotatable bonds is 5.